The van der Waals surface area contributed by atoms with Crippen LogP contribution in [-0.2, 0) is 0 Å². The van der Waals surface area contributed by atoms with Crippen molar-refractivity contribution in [2.24, 2.45) is 0 Å². The zero-order valence-electron chi connectivity index (χ0n) is 11.7. The zero-order valence-corrected chi connectivity index (χ0v) is 13.3. The highest BCUT2D eigenvalue weighted by atomic mass is 32.2. The summed E-state index contributed by atoms with van der Waals surface area (Å²) in [5.74, 6) is 0. The van der Waals surface area contributed by atoms with Crippen molar-refractivity contribution in [2.75, 3.05) is 6.26 Å². The lowest BCUT2D eigenvalue weighted by atomic mass is 9.94. The number of benzene rings is 1. The first-order chi connectivity index (χ1) is 9.79. The summed E-state index contributed by atoms with van der Waals surface area (Å²) in [7, 11) is 0. The second kappa shape index (κ2) is 6.19. The number of nitrogens with one attached hydrogen (secondary N) is 1. The Labute approximate surface area is 129 Å². The topological polar surface area (TPSA) is 20.7 Å². The summed E-state index contributed by atoms with van der Waals surface area (Å²) in [6, 6.07) is 11.1. The van der Waals surface area contributed by atoms with Gasteiger partial charge < -0.3 is 9.55 Å². The van der Waals surface area contributed by atoms with E-state index in [0.29, 0.717) is 6.04 Å². The lowest BCUT2D eigenvalue weighted by molar-refractivity contribution is 0.359. The van der Waals surface area contributed by atoms with Crippen molar-refractivity contribution < 1.29 is 0 Å². The van der Waals surface area contributed by atoms with Crippen LogP contribution in [0.1, 0.15) is 31.7 Å². The quantitative estimate of drug-likeness (QED) is 0.800. The molecular formula is C16H20N2S2. The molecule has 1 N–H and O–H groups in total. The van der Waals surface area contributed by atoms with Crippen LogP contribution in [0.2, 0.25) is 0 Å². The largest absolute Gasteiger partial charge is 0.337 e. The second-order valence-electron chi connectivity index (χ2n) is 5.38. The van der Waals surface area contributed by atoms with Gasteiger partial charge in [-0.25, -0.2) is 0 Å². The van der Waals surface area contributed by atoms with Gasteiger partial charge in [0.25, 0.3) is 0 Å². The number of rotatable bonds is 3. The fraction of sp³-hybridized carbons (Fsp3) is 0.438. The second-order valence-corrected chi connectivity index (χ2v) is 6.91. The molecule has 0 aliphatic heterocycles. The summed E-state index contributed by atoms with van der Waals surface area (Å²) in [6.07, 6.45) is 9.34. The standard InChI is InChI=1S/C16H20N2S2/c1-20-14-9-7-13(8-10-14)18-15(11-17-16(18)19)12-5-3-2-4-6-12/h2-6,11,13-14H,7-10H2,1H3,(H,17,19). The van der Waals surface area contributed by atoms with Gasteiger partial charge in [-0.3, -0.25) is 0 Å². The molecule has 0 saturated heterocycles. The molecule has 1 aromatic carbocycles. The average molecular weight is 304 g/mol. The Balaban J connectivity index is 1.91. The molecule has 1 saturated carbocycles. The van der Waals surface area contributed by atoms with Crippen LogP contribution in [0.4, 0.5) is 0 Å². The van der Waals surface area contributed by atoms with Crippen LogP contribution in [0.15, 0.2) is 36.5 Å². The molecule has 0 amide bonds. The lowest BCUT2D eigenvalue weighted by Gasteiger charge is -2.29. The van der Waals surface area contributed by atoms with Crippen molar-refractivity contribution in [3.8, 4) is 11.3 Å². The molecule has 0 atom stereocenters. The molecule has 0 radical (unpaired) electrons. The van der Waals surface area contributed by atoms with Crippen molar-refractivity contribution in [1.29, 1.82) is 0 Å². The molecule has 1 aromatic heterocycles. The van der Waals surface area contributed by atoms with E-state index in [1.165, 1.54) is 36.9 Å². The molecule has 1 aliphatic rings. The number of nitrogens with zero attached hydrogens (tertiary/aromatic N) is 1. The SMILES string of the molecule is CSC1CCC(n2c(-c3ccccc3)c[nH]c2=S)CC1. The predicted molar refractivity (Wildman–Crippen MR) is 89.9 cm³/mol. The van der Waals surface area contributed by atoms with Crippen LogP contribution in [0, 0.1) is 4.77 Å². The van der Waals surface area contributed by atoms with Gasteiger partial charge in [0.2, 0.25) is 0 Å². The van der Waals surface area contributed by atoms with Gasteiger partial charge in [0.15, 0.2) is 4.77 Å². The third-order valence-electron chi connectivity index (χ3n) is 4.22. The van der Waals surface area contributed by atoms with E-state index in [1.54, 1.807) is 0 Å². The van der Waals surface area contributed by atoms with Crippen LogP contribution < -0.4 is 0 Å². The van der Waals surface area contributed by atoms with Crippen molar-refractivity contribution in [3.05, 3.63) is 41.3 Å². The molecule has 106 valence electrons. The van der Waals surface area contributed by atoms with Gasteiger partial charge in [-0.2, -0.15) is 11.8 Å². The van der Waals surface area contributed by atoms with Gasteiger partial charge in [-0.1, -0.05) is 30.3 Å². The minimum absolute atomic E-state index is 0.548. The minimum Gasteiger partial charge on any atom is -0.337 e. The smallest absolute Gasteiger partial charge is 0.177 e. The molecule has 20 heavy (non-hydrogen) atoms. The maximum atomic E-state index is 5.51. The molecule has 2 nitrogen and oxygen atoms in total. The first-order valence-electron chi connectivity index (χ1n) is 7.17. The minimum atomic E-state index is 0.548. The number of aromatic amines is 1. The van der Waals surface area contributed by atoms with E-state index in [-0.39, 0.29) is 0 Å². The number of hydrogen-bond acceptors (Lipinski definition) is 2. The van der Waals surface area contributed by atoms with Crippen LogP contribution in [-0.4, -0.2) is 21.1 Å². The fourth-order valence-electron chi connectivity index (χ4n) is 3.11. The maximum Gasteiger partial charge on any atom is 0.177 e. The molecule has 1 heterocycles. The first-order valence-corrected chi connectivity index (χ1v) is 8.87. The summed E-state index contributed by atoms with van der Waals surface area (Å²) in [6.45, 7) is 0. The Kier molecular flexibility index (Phi) is 4.32. The van der Waals surface area contributed by atoms with E-state index in [4.69, 9.17) is 12.2 Å². The molecule has 3 rings (SSSR count). The monoisotopic (exact) mass is 304 g/mol. The zero-order chi connectivity index (χ0) is 13.9. The summed E-state index contributed by atoms with van der Waals surface area (Å²) >= 11 is 7.52. The molecule has 2 aromatic rings. The molecular weight excluding hydrogens is 284 g/mol. The predicted octanol–water partition coefficient (Wildman–Crippen LogP) is 5.06. The van der Waals surface area contributed by atoms with Crippen molar-refractivity contribution in [1.82, 2.24) is 9.55 Å². The number of hydrogen-bond donors (Lipinski definition) is 1. The lowest BCUT2D eigenvalue weighted by Crippen LogP contribution is -2.20. The third kappa shape index (κ3) is 2.72. The number of H-pyrrole nitrogens is 1. The molecule has 0 bridgehead atoms. The molecule has 1 fully saturated rings. The summed E-state index contributed by atoms with van der Waals surface area (Å²) in [5, 5.41) is 0.833. The van der Waals surface area contributed by atoms with E-state index in [1.807, 2.05) is 11.8 Å². The number of imidazole rings is 1. The molecule has 4 heteroatoms. The fourth-order valence-corrected chi connectivity index (χ4v) is 4.16. The van der Waals surface area contributed by atoms with E-state index in [0.717, 1.165) is 10.0 Å². The van der Waals surface area contributed by atoms with Gasteiger partial charge >= 0.3 is 0 Å². The van der Waals surface area contributed by atoms with E-state index in [9.17, 15) is 0 Å². The van der Waals surface area contributed by atoms with Crippen LogP contribution in [0.5, 0.6) is 0 Å². The van der Waals surface area contributed by atoms with Gasteiger partial charge in [0.05, 0.1) is 5.69 Å². The summed E-state index contributed by atoms with van der Waals surface area (Å²) in [4.78, 5) is 3.23. The summed E-state index contributed by atoms with van der Waals surface area (Å²) in [5.41, 5.74) is 2.47. The Hall–Kier alpha value is -1.00. The van der Waals surface area contributed by atoms with Crippen LogP contribution in [0.3, 0.4) is 0 Å². The number of thioether (sulfide) groups is 1. The number of aromatic nitrogens is 2. The first kappa shape index (κ1) is 14.0. The molecule has 0 unspecified atom stereocenters. The van der Waals surface area contributed by atoms with Crippen molar-refractivity contribution in [3.63, 3.8) is 0 Å². The normalized spacial score (nSPS) is 22.9. The Bertz CT molecular complexity index is 607. The maximum absolute atomic E-state index is 5.51. The highest BCUT2D eigenvalue weighted by Crippen LogP contribution is 2.36. The molecule has 1 aliphatic carbocycles. The van der Waals surface area contributed by atoms with E-state index >= 15 is 0 Å². The Morgan fingerprint density at radius 1 is 1.15 bits per heavy atom. The average Bonchev–Trinajstić information content (AvgIpc) is 2.90. The van der Waals surface area contributed by atoms with Crippen LogP contribution in [0.25, 0.3) is 11.3 Å². The third-order valence-corrected chi connectivity index (χ3v) is 5.68. The Morgan fingerprint density at radius 3 is 2.50 bits per heavy atom. The van der Waals surface area contributed by atoms with Gasteiger partial charge in [-0.05, 0) is 49.7 Å². The highest BCUT2D eigenvalue weighted by molar-refractivity contribution is 7.99. The van der Waals surface area contributed by atoms with Gasteiger partial charge in [-0.15, -0.1) is 0 Å². The summed E-state index contributed by atoms with van der Waals surface area (Å²) < 4.78 is 3.19. The van der Waals surface area contributed by atoms with Crippen LogP contribution >= 0.6 is 24.0 Å². The van der Waals surface area contributed by atoms with E-state index < -0.39 is 0 Å². The highest BCUT2D eigenvalue weighted by Gasteiger charge is 2.24. The van der Waals surface area contributed by atoms with Crippen molar-refractivity contribution in [2.45, 2.75) is 37.0 Å². The molecule has 0 spiro atoms. The van der Waals surface area contributed by atoms with Gasteiger partial charge in [0, 0.05) is 17.5 Å². The Morgan fingerprint density at radius 2 is 1.85 bits per heavy atom. The van der Waals surface area contributed by atoms with Crippen molar-refractivity contribution >= 4 is 24.0 Å². The van der Waals surface area contributed by atoms with E-state index in [2.05, 4.69) is 52.3 Å². The van der Waals surface area contributed by atoms with Gasteiger partial charge in [0.1, 0.15) is 0 Å².